The van der Waals surface area contributed by atoms with E-state index in [2.05, 4.69) is 14.9 Å². The van der Waals surface area contributed by atoms with E-state index in [4.69, 9.17) is 0 Å². The molecule has 2 heterocycles. The fourth-order valence-electron chi connectivity index (χ4n) is 3.30. The van der Waals surface area contributed by atoms with Crippen LogP contribution >= 0.6 is 0 Å². The van der Waals surface area contributed by atoms with Gasteiger partial charge in [-0.2, -0.15) is 23.4 Å². The lowest BCUT2D eigenvalue weighted by molar-refractivity contribution is -0.141. The Morgan fingerprint density at radius 1 is 1.18 bits per heavy atom. The minimum absolute atomic E-state index is 0.0810. The van der Waals surface area contributed by atoms with Crippen molar-refractivity contribution < 1.29 is 21.6 Å². The van der Waals surface area contributed by atoms with Crippen LogP contribution in [0.25, 0.3) is 0 Å². The molecule has 11 heteroatoms. The molecule has 2 aromatic heterocycles. The molecule has 2 rings (SSSR count). The summed E-state index contributed by atoms with van der Waals surface area (Å²) >= 11 is 0. The van der Waals surface area contributed by atoms with Crippen molar-refractivity contribution >= 4 is 10.0 Å². The number of aromatic nitrogens is 4. The molecule has 0 fully saturated rings. The zero-order chi connectivity index (χ0) is 21.3. The Bertz CT molecular complexity index is 931. The molecule has 158 valence electrons. The highest BCUT2D eigenvalue weighted by Crippen LogP contribution is 2.30. The van der Waals surface area contributed by atoms with E-state index in [0.717, 1.165) is 6.07 Å². The van der Waals surface area contributed by atoms with E-state index in [0.29, 0.717) is 36.5 Å². The zero-order valence-corrected chi connectivity index (χ0v) is 17.4. The summed E-state index contributed by atoms with van der Waals surface area (Å²) in [5.41, 5.74) is 0.411. The van der Waals surface area contributed by atoms with Crippen LogP contribution in [0.5, 0.6) is 0 Å². The summed E-state index contributed by atoms with van der Waals surface area (Å²) in [4.78, 5) is 0.150. The molecular formula is C17H26F3N5O2S. The molecule has 2 aromatic rings. The number of nitrogens with one attached hydrogen (secondary N) is 1. The Hall–Kier alpha value is -1.88. The number of nitrogens with zero attached hydrogens (tertiary/aromatic N) is 4. The van der Waals surface area contributed by atoms with Crippen molar-refractivity contribution in [3.05, 3.63) is 28.8 Å². The third kappa shape index (κ3) is 4.57. The number of rotatable bonds is 8. The van der Waals surface area contributed by atoms with Gasteiger partial charge in [0.05, 0.1) is 17.4 Å². The van der Waals surface area contributed by atoms with E-state index in [1.54, 1.807) is 25.5 Å². The first kappa shape index (κ1) is 22.4. The van der Waals surface area contributed by atoms with E-state index < -0.39 is 21.9 Å². The van der Waals surface area contributed by atoms with Crippen LogP contribution in [0.1, 0.15) is 55.5 Å². The fourth-order valence-corrected chi connectivity index (χ4v) is 4.76. The third-order valence-electron chi connectivity index (χ3n) is 4.68. The smallest absolute Gasteiger partial charge is 0.268 e. The maximum atomic E-state index is 12.9. The molecule has 0 aliphatic heterocycles. The van der Waals surface area contributed by atoms with Gasteiger partial charge in [0.1, 0.15) is 4.90 Å². The molecule has 0 saturated carbocycles. The van der Waals surface area contributed by atoms with E-state index >= 15 is 0 Å². The van der Waals surface area contributed by atoms with Crippen molar-refractivity contribution in [1.29, 1.82) is 0 Å². The predicted octanol–water partition coefficient (Wildman–Crippen LogP) is 3.36. The van der Waals surface area contributed by atoms with Gasteiger partial charge in [0.25, 0.3) is 0 Å². The molecule has 0 aliphatic rings. The summed E-state index contributed by atoms with van der Waals surface area (Å²) in [6, 6.07) is 0.651. The maximum absolute atomic E-state index is 12.9. The number of sulfonamides is 1. The Morgan fingerprint density at radius 2 is 1.82 bits per heavy atom. The highest BCUT2D eigenvalue weighted by atomic mass is 32.2. The fraction of sp³-hybridized carbons (Fsp3) is 0.647. The van der Waals surface area contributed by atoms with Crippen molar-refractivity contribution in [2.75, 3.05) is 6.54 Å². The minimum Gasteiger partial charge on any atom is -0.268 e. The van der Waals surface area contributed by atoms with Crippen LogP contribution in [0, 0.1) is 20.8 Å². The molecule has 1 N–H and O–H groups in total. The first-order valence-electron chi connectivity index (χ1n) is 9.09. The Morgan fingerprint density at radius 3 is 2.29 bits per heavy atom. The van der Waals surface area contributed by atoms with Gasteiger partial charge in [-0.3, -0.25) is 9.36 Å². The average Bonchev–Trinajstić information content (AvgIpc) is 3.11. The van der Waals surface area contributed by atoms with E-state index in [-0.39, 0.29) is 17.5 Å². The van der Waals surface area contributed by atoms with Crippen LogP contribution in [0.15, 0.2) is 11.0 Å². The van der Waals surface area contributed by atoms with Gasteiger partial charge < -0.3 is 0 Å². The first-order chi connectivity index (χ1) is 12.9. The molecule has 0 spiro atoms. The molecule has 0 saturated heterocycles. The lowest BCUT2D eigenvalue weighted by atomic mass is 10.1. The number of hydrogen-bond acceptors (Lipinski definition) is 4. The lowest BCUT2D eigenvalue weighted by Gasteiger charge is -2.18. The normalized spacial score (nSPS) is 13.9. The van der Waals surface area contributed by atoms with Crippen LogP contribution < -0.4 is 4.72 Å². The standard InChI is InChI=1S/C17H26F3N5O2S/c1-6-14(25-11(3)10-15(23-25)17(18,19)20)8-9-21-28(26,27)16-12(4)22-24(7-2)13(16)5/h10,14,21H,6-9H2,1-5H3. The maximum Gasteiger partial charge on any atom is 0.435 e. The predicted molar refractivity (Wildman–Crippen MR) is 98.5 cm³/mol. The van der Waals surface area contributed by atoms with Crippen molar-refractivity contribution in [3.8, 4) is 0 Å². The van der Waals surface area contributed by atoms with Gasteiger partial charge in [-0.05, 0) is 46.6 Å². The minimum atomic E-state index is -4.51. The van der Waals surface area contributed by atoms with Crippen LogP contribution in [0.3, 0.4) is 0 Å². The second-order valence-corrected chi connectivity index (χ2v) is 8.38. The summed E-state index contributed by atoms with van der Waals surface area (Å²) in [6.07, 6.45) is -3.67. The van der Waals surface area contributed by atoms with E-state index in [1.807, 2.05) is 13.8 Å². The second-order valence-electron chi connectivity index (χ2n) is 6.68. The van der Waals surface area contributed by atoms with Gasteiger partial charge in [0.15, 0.2) is 5.69 Å². The molecule has 7 nitrogen and oxygen atoms in total. The molecular weight excluding hydrogens is 395 g/mol. The highest BCUT2D eigenvalue weighted by Gasteiger charge is 2.35. The number of aryl methyl sites for hydroxylation is 3. The Labute approximate surface area is 163 Å². The second kappa shape index (κ2) is 8.24. The SMILES string of the molecule is CCC(CCNS(=O)(=O)c1c(C)nn(CC)c1C)n1nc(C(F)(F)F)cc1C. The topological polar surface area (TPSA) is 81.8 Å². The summed E-state index contributed by atoms with van der Waals surface area (Å²) < 4.78 is 69.5. The van der Waals surface area contributed by atoms with Crippen molar-refractivity contribution in [2.45, 2.75) is 71.1 Å². The summed E-state index contributed by atoms with van der Waals surface area (Å²) in [5.74, 6) is 0. The number of hydrogen-bond donors (Lipinski definition) is 1. The third-order valence-corrected chi connectivity index (χ3v) is 6.40. The van der Waals surface area contributed by atoms with E-state index in [1.165, 1.54) is 4.68 Å². The van der Waals surface area contributed by atoms with Gasteiger partial charge in [0.2, 0.25) is 10.0 Å². The van der Waals surface area contributed by atoms with Crippen LogP contribution in [0.4, 0.5) is 13.2 Å². The van der Waals surface area contributed by atoms with Crippen molar-refractivity contribution in [2.24, 2.45) is 0 Å². The molecule has 28 heavy (non-hydrogen) atoms. The summed E-state index contributed by atoms with van der Waals surface area (Å²) in [5, 5.41) is 7.89. The lowest BCUT2D eigenvalue weighted by Crippen LogP contribution is -2.28. The molecule has 0 bridgehead atoms. The van der Waals surface area contributed by atoms with E-state index in [9.17, 15) is 21.6 Å². The molecule has 0 radical (unpaired) electrons. The zero-order valence-electron chi connectivity index (χ0n) is 16.6. The monoisotopic (exact) mass is 421 g/mol. The van der Waals surface area contributed by atoms with Crippen LogP contribution in [0.2, 0.25) is 0 Å². The molecule has 0 aromatic carbocycles. The number of alkyl halides is 3. The first-order valence-corrected chi connectivity index (χ1v) is 10.6. The number of halogens is 3. The molecule has 0 amide bonds. The van der Waals surface area contributed by atoms with Gasteiger partial charge in [-0.25, -0.2) is 13.1 Å². The quantitative estimate of drug-likeness (QED) is 0.709. The van der Waals surface area contributed by atoms with Gasteiger partial charge in [-0.15, -0.1) is 0 Å². The summed E-state index contributed by atoms with van der Waals surface area (Å²) in [6.45, 7) is 9.22. The largest absolute Gasteiger partial charge is 0.435 e. The van der Waals surface area contributed by atoms with Crippen molar-refractivity contribution in [3.63, 3.8) is 0 Å². The van der Waals surface area contributed by atoms with Crippen LogP contribution in [-0.4, -0.2) is 34.5 Å². The van der Waals surface area contributed by atoms with Crippen molar-refractivity contribution in [1.82, 2.24) is 24.3 Å². The Balaban J connectivity index is 2.13. The Kier molecular flexibility index (Phi) is 6.59. The summed E-state index contributed by atoms with van der Waals surface area (Å²) in [7, 11) is -3.77. The molecule has 1 atom stereocenters. The molecule has 1 unspecified atom stereocenters. The highest BCUT2D eigenvalue weighted by molar-refractivity contribution is 7.89. The van der Waals surface area contributed by atoms with Crippen LogP contribution in [-0.2, 0) is 22.7 Å². The van der Waals surface area contributed by atoms with Gasteiger partial charge in [-0.1, -0.05) is 6.92 Å². The van der Waals surface area contributed by atoms with Gasteiger partial charge in [0, 0.05) is 18.8 Å². The average molecular weight is 421 g/mol. The van der Waals surface area contributed by atoms with Gasteiger partial charge >= 0.3 is 6.18 Å². The molecule has 0 aliphatic carbocycles.